The van der Waals surface area contributed by atoms with Crippen LogP contribution in [0.15, 0.2) is 5.16 Å². The summed E-state index contributed by atoms with van der Waals surface area (Å²) in [6.07, 6.45) is 7.94. The van der Waals surface area contributed by atoms with Gasteiger partial charge in [-0.25, -0.2) is 0 Å². The van der Waals surface area contributed by atoms with Crippen LogP contribution in [0.2, 0.25) is 0 Å². The Labute approximate surface area is 86.7 Å². The molecule has 1 aliphatic carbocycles. The molecule has 1 saturated carbocycles. The Morgan fingerprint density at radius 2 is 1.93 bits per heavy atom. The number of oxime groups is 1. The summed E-state index contributed by atoms with van der Waals surface area (Å²) in [6, 6.07) is 0. The third kappa shape index (κ3) is 1.79. The molecule has 1 fully saturated rings. The Morgan fingerprint density at radius 3 is 2.36 bits per heavy atom. The molecule has 2 rings (SSSR count). The van der Waals surface area contributed by atoms with Gasteiger partial charge in [-0.05, 0) is 37.0 Å². The monoisotopic (exact) mass is 195 g/mol. The molecular weight excluding hydrogens is 174 g/mol. The van der Waals surface area contributed by atoms with E-state index in [1.54, 1.807) is 0 Å². The van der Waals surface area contributed by atoms with E-state index in [0.29, 0.717) is 5.41 Å². The van der Waals surface area contributed by atoms with Crippen LogP contribution in [-0.4, -0.2) is 11.8 Å². The van der Waals surface area contributed by atoms with Crippen molar-refractivity contribution in [2.45, 2.75) is 58.5 Å². The highest BCUT2D eigenvalue weighted by Crippen LogP contribution is 2.44. The van der Waals surface area contributed by atoms with E-state index < -0.39 is 0 Å². The first-order valence-electron chi connectivity index (χ1n) is 5.72. The van der Waals surface area contributed by atoms with Gasteiger partial charge in [-0.1, -0.05) is 25.9 Å². The molecule has 2 aliphatic rings. The Morgan fingerprint density at radius 1 is 1.29 bits per heavy atom. The van der Waals surface area contributed by atoms with Gasteiger partial charge in [0.15, 0.2) is 0 Å². The third-order valence-electron chi connectivity index (χ3n) is 3.91. The molecule has 1 spiro atoms. The first-order chi connectivity index (χ1) is 6.52. The van der Waals surface area contributed by atoms with Crippen LogP contribution in [0, 0.1) is 11.3 Å². The molecule has 14 heavy (non-hydrogen) atoms. The van der Waals surface area contributed by atoms with Crippen LogP contribution >= 0.6 is 0 Å². The third-order valence-corrected chi connectivity index (χ3v) is 3.91. The summed E-state index contributed by atoms with van der Waals surface area (Å²) in [5, 5.41) is 3.92. The molecule has 80 valence electrons. The van der Waals surface area contributed by atoms with Gasteiger partial charge < -0.3 is 4.84 Å². The fourth-order valence-corrected chi connectivity index (χ4v) is 2.70. The maximum absolute atomic E-state index is 5.51. The predicted molar refractivity (Wildman–Crippen MR) is 58.3 cm³/mol. The normalized spacial score (nSPS) is 37.5. The van der Waals surface area contributed by atoms with Gasteiger partial charge in [-0.15, -0.1) is 0 Å². The van der Waals surface area contributed by atoms with Gasteiger partial charge in [0.05, 0.1) is 0 Å². The summed E-state index contributed by atoms with van der Waals surface area (Å²) in [7, 11) is 0. The lowest BCUT2D eigenvalue weighted by Gasteiger charge is -2.40. The van der Waals surface area contributed by atoms with E-state index in [4.69, 9.17) is 4.84 Å². The summed E-state index contributed by atoms with van der Waals surface area (Å²) >= 11 is 0. The predicted octanol–water partition coefficient (Wildman–Crippen LogP) is 3.37. The van der Waals surface area contributed by atoms with Gasteiger partial charge in [-0.3, -0.25) is 0 Å². The highest BCUT2D eigenvalue weighted by atomic mass is 16.7. The first kappa shape index (κ1) is 10.0. The molecule has 0 aromatic heterocycles. The molecule has 0 saturated heterocycles. The van der Waals surface area contributed by atoms with E-state index in [0.717, 1.165) is 12.3 Å². The number of hydrogen-bond acceptors (Lipinski definition) is 2. The van der Waals surface area contributed by atoms with Crippen molar-refractivity contribution in [2.75, 3.05) is 0 Å². The van der Waals surface area contributed by atoms with Crippen molar-refractivity contribution in [3.05, 3.63) is 0 Å². The van der Waals surface area contributed by atoms with Gasteiger partial charge in [0.25, 0.3) is 0 Å². The van der Waals surface area contributed by atoms with Gasteiger partial charge in [0.2, 0.25) is 0 Å². The van der Waals surface area contributed by atoms with Crippen molar-refractivity contribution >= 4 is 6.21 Å². The Kier molecular flexibility index (Phi) is 2.32. The molecule has 1 aliphatic heterocycles. The second-order valence-electron chi connectivity index (χ2n) is 5.91. The standard InChI is InChI=1S/C12H21NO/c1-11(2,3)10-4-6-12(7-5-10)8-9-13-14-12/h9-10H,4-8H2,1-3H3. The van der Waals surface area contributed by atoms with Crippen molar-refractivity contribution in [3.8, 4) is 0 Å². The molecule has 0 radical (unpaired) electrons. The second kappa shape index (κ2) is 3.25. The number of hydrogen-bond donors (Lipinski definition) is 0. The lowest BCUT2D eigenvalue weighted by Crippen LogP contribution is -2.37. The summed E-state index contributed by atoms with van der Waals surface area (Å²) in [5.74, 6) is 0.859. The summed E-state index contributed by atoms with van der Waals surface area (Å²) in [5.41, 5.74) is 0.558. The summed E-state index contributed by atoms with van der Waals surface area (Å²) in [4.78, 5) is 5.51. The van der Waals surface area contributed by atoms with Crippen LogP contribution in [0.3, 0.4) is 0 Å². The highest BCUT2D eigenvalue weighted by Gasteiger charge is 2.41. The van der Waals surface area contributed by atoms with Crippen LogP contribution in [0.5, 0.6) is 0 Å². The SMILES string of the molecule is CC(C)(C)C1CCC2(CC=NO2)CC1. The van der Waals surface area contributed by atoms with Crippen LogP contribution in [0.1, 0.15) is 52.9 Å². The molecule has 0 aromatic rings. The smallest absolute Gasteiger partial charge is 0.142 e. The molecule has 0 unspecified atom stereocenters. The fraction of sp³-hybridized carbons (Fsp3) is 0.917. The Balaban J connectivity index is 1.92. The van der Waals surface area contributed by atoms with E-state index in [9.17, 15) is 0 Å². The van der Waals surface area contributed by atoms with Crippen molar-refractivity contribution in [1.29, 1.82) is 0 Å². The van der Waals surface area contributed by atoms with Crippen molar-refractivity contribution in [1.82, 2.24) is 0 Å². The largest absolute Gasteiger partial charge is 0.389 e. The average molecular weight is 195 g/mol. The molecule has 0 aromatic carbocycles. The minimum atomic E-state index is 0.0990. The van der Waals surface area contributed by atoms with Crippen molar-refractivity contribution in [2.24, 2.45) is 16.5 Å². The van der Waals surface area contributed by atoms with Gasteiger partial charge in [-0.2, -0.15) is 0 Å². The minimum absolute atomic E-state index is 0.0990. The lowest BCUT2D eigenvalue weighted by atomic mass is 9.68. The van der Waals surface area contributed by atoms with E-state index >= 15 is 0 Å². The maximum Gasteiger partial charge on any atom is 0.142 e. The summed E-state index contributed by atoms with van der Waals surface area (Å²) in [6.45, 7) is 7.05. The van der Waals surface area contributed by atoms with Crippen LogP contribution in [-0.2, 0) is 4.84 Å². The molecule has 1 heterocycles. The zero-order chi connectivity index (χ0) is 10.2. The molecular formula is C12H21NO. The number of rotatable bonds is 0. The molecule has 0 amide bonds. The molecule has 2 heteroatoms. The zero-order valence-corrected chi connectivity index (χ0v) is 9.55. The quantitative estimate of drug-likeness (QED) is 0.580. The van der Waals surface area contributed by atoms with E-state index in [-0.39, 0.29) is 5.60 Å². The topological polar surface area (TPSA) is 21.6 Å². The van der Waals surface area contributed by atoms with Gasteiger partial charge in [0.1, 0.15) is 5.60 Å². The van der Waals surface area contributed by atoms with Crippen LogP contribution < -0.4 is 0 Å². The Hall–Kier alpha value is -0.530. The lowest BCUT2D eigenvalue weighted by molar-refractivity contribution is -0.0640. The van der Waals surface area contributed by atoms with E-state index in [1.165, 1.54) is 25.7 Å². The molecule has 2 nitrogen and oxygen atoms in total. The molecule has 0 bridgehead atoms. The summed E-state index contributed by atoms with van der Waals surface area (Å²) < 4.78 is 0. The van der Waals surface area contributed by atoms with Crippen molar-refractivity contribution in [3.63, 3.8) is 0 Å². The first-order valence-corrected chi connectivity index (χ1v) is 5.72. The second-order valence-corrected chi connectivity index (χ2v) is 5.91. The zero-order valence-electron chi connectivity index (χ0n) is 9.55. The van der Waals surface area contributed by atoms with Gasteiger partial charge >= 0.3 is 0 Å². The van der Waals surface area contributed by atoms with E-state index in [1.807, 2.05) is 6.21 Å². The maximum atomic E-state index is 5.51. The average Bonchev–Trinajstić information content (AvgIpc) is 2.53. The minimum Gasteiger partial charge on any atom is -0.389 e. The fourth-order valence-electron chi connectivity index (χ4n) is 2.70. The van der Waals surface area contributed by atoms with Crippen LogP contribution in [0.4, 0.5) is 0 Å². The molecule has 0 atom stereocenters. The van der Waals surface area contributed by atoms with Gasteiger partial charge in [0, 0.05) is 12.6 Å². The van der Waals surface area contributed by atoms with E-state index in [2.05, 4.69) is 25.9 Å². The Bertz CT molecular complexity index is 221. The van der Waals surface area contributed by atoms with Crippen molar-refractivity contribution < 1.29 is 4.84 Å². The van der Waals surface area contributed by atoms with Crippen LogP contribution in [0.25, 0.3) is 0 Å². The molecule has 0 N–H and O–H groups in total. The number of nitrogens with zero attached hydrogens (tertiary/aromatic N) is 1. The highest BCUT2D eigenvalue weighted by molar-refractivity contribution is 5.59.